The number of benzene rings is 3. The maximum atomic E-state index is 13.1. The summed E-state index contributed by atoms with van der Waals surface area (Å²) in [7, 11) is 0. The fourth-order valence-electron chi connectivity index (χ4n) is 4.10. The maximum Gasteiger partial charge on any atom is 0.254 e. The van der Waals surface area contributed by atoms with E-state index in [-0.39, 0.29) is 18.4 Å². The van der Waals surface area contributed by atoms with E-state index in [2.05, 4.69) is 10.2 Å². The number of hydrogen-bond donors (Lipinski definition) is 2. The van der Waals surface area contributed by atoms with E-state index in [1.807, 2.05) is 47.4 Å². The molecule has 0 spiro atoms. The fourth-order valence-corrected chi connectivity index (χ4v) is 4.10. The Labute approximate surface area is 193 Å². The molecule has 1 aliphatic rings. The van der Waals surface area contributed by atoms with Crippen LogP contribution >= 0.6 is 0 Å². The third-order valence-corrected chi connectivity index (χ3v) is 5.77. The zero-order valence-electron chi connectivity index (χ0n) is 18.7. The summed E-state index contributed by atoms with van der Waals surface area (Å²) in [5.41, 5.74) is 1.44. The van der Waals surface area contributed by atoms with E-state index in [0.29, 0.717) is 44.2 Å². The first-order chi connectivity index (χ1) is 16.0. The average Bonchev–Trinajstić information content (AvgIpc) is 2.83. The molecular weight excluding hydrogens is 418 g/mol. The number of fused-ring (bicyclic) bond motifs is 1. The number of aliphatic hydroxyl groups is 1. The molecular formula is C26H29N3O4. The van der Waals surface area contributed by atoms with E-state index in [9.17, 15) is 14.7 Å². The first kappa shape index (κ1) is 22.8. The number of hydrogen-bond acceptors (Lipinski definition) is 5. The monoisotopic (exact) mass is 447 g/mol. The van der Waals surface area contributed by atoms with Crippen molar-refractivity contribution in [3.8, 4) is 5.75 Å². The van der Waals surface area contributed by atoms with Gasteiger partial charge in [-0.15, -0.1) is 0 Å². The maximum absolute atomic E-state index is 13.1. The summed E-state index contributed by atoms with van der Waals surface area (Å²) in [5, 5.41) is 15.1. The molecule has 0 bridgehead atoms. The minimum absolute atomic E-state index is 0.0537. The Morgan fingerprint density at radius 2 is 1.67 bits per heavy atom. The number of piperazine rings is 1. The van der Waals surface area contributed by atoms with Gasteiger partial charge in [-0.2, -0.15) is 0 Å². The summed E-state index contributed by atoms with van der Waals surface area (Å²) in [6.07, 6.45) is -0.639. The van der Waals surface area contributed by atoms with E-state index in [1.54, 1.807) is 24.3 Å². The second-order valence-corrected chi connectivity index (χ2v) is 8.29. The predicted octanol–water partition coefficient (Wildman–Crippen LogP) is 3.00. The fraction of sp³-hybridized carbons (Fsp3) is 0.308. The summed E-state index contributed by atoms with van der Waals surface area (Å²) in [5.74, 6) is 0.560. The number of anilines is 1. The van der Waals surface area contributed by atoms with Gasteiger partial charge in [0.1, 0.15) is 18.5 Å². The van der Waals surface area contributed by atoms with Crippen LogP contribution in [0.15, 0.2) is 66.7 Å². The van der Waals surface area contributed by atoms with Crippen molar-refractivity contribution in [3.63, 3.8) is 0 Å². The van der Waals surface area contributed by atoms with Crippen LogP contribution in [-0.2, 0) is 4.79 Å². The highest BCUT2D eigenvalue weighted by molar-refractivity contribution is 6.07. The number of β-amino-alcohol motifs (C(OH)–C–C–N with tert-alkyl or cyclic N) is 1. The summed E-state index contributed by atoms with van der Waals surface area (Å²) >= 11 is 0. The normalized spacial score (nSPS) is 15.3. The van der Waals surface area contributed by atoms with Gasteiger partial charge in [-0.1, -0.05) is 36.4 Å². The number of aliphatic hydroxyl groups excluding tert-OH is 1. The van der Waals surface area contributed by atoms with Crippen LogP contribution in [0.1, 0.15) is 17.3 Å². The van der Waals surface area contributed by atoms with E-state index in [1.165, 1.54) is 6.92 Å². The Hall–Kier alpha value is -3.42. The molecule has 3 aromatic rings. The van der Waals surface area contributed by atoms with Crippen LogP contribution in [0.4, 0.5) is 5.69 Å². The Morgan fingerprint density at radius 1 is 0.970 bits per heavy atom. The summed E-state index contributed by atoms with van der Waals surface area (Å²) in [6.45, 7) is 4.79. The van der Waals surface area contributed by atoms with Crippen molar-refractivity contribution in [1.29, 1.82) is 0 Å². The molecule has 1 heterocycles. The van der Waals surface area contributed by atoms with Crippen LogP contribution < -0.4 is 10.1 Å². The van der Waals surface area contributed by atoms with Gasteiger partial charge in [0.25, 0.3) is 5.91 Å². The van der Waals surface area contributed by atoms with Crippen molar-refractivity contribution in [1.82, 2.24) is 9.80 Å². The van der Waals surface area contributed by atoms with E-state index < -0.39 is 6.10 Å². The first-order valence-electron chi connectivity index (χ1n) is 11.2. The molecule has 4 rings (SSSR count). The topological polar surface area (TPSA) is 82.1 Å². The predicted molar refractivity (Wildman–Crippen MR) is 129 cm³/mol. The lowest BCUT2D eigenvalue weighted by Crippen LogP contribution is -2.51. The van der Waals surface area contributed by atoms with E-state index in [0.717, 1.165) is 16.3 Å². The van der Waals surface area contributed by atoms with Crippen LogP contribution in [-0.4, -0.2) is 72.2 Å². The highest BCUT2D eigenvalue weighted by Crippen LogP contribution is 2.21. The number of amides is 2. The Balaban J connectivity index is 1.24. The summed E-state index contributed by atoms with van der Waals surface area (Å²) in [4.78, 5) is 28.2. The minimum Gasteiger partial charge on any atom is -0.491 e. The largest absolute Gasteiger partial charge is 0.491 e. The van der Waals surface area contributed by atoms with Crippen molar-refractivity contribution in [3.05, 3.63) is 72.3 Å². The standard InChI is InChI=1S/C26H29N3O4/c1-19(30)27-21-9-11-23(12-10-21)33-18-22(31)17-28-13-15-29(16-14-28)26(32)25-8-4-6-20-5-2-3-7-24(20)25/h2-12,22,31H,13-18H2,1H3,(H,27,30). The molecule has 2 N–H and O–H groups in total. The number of carbonyl (C=O) groups excluding carboxylic acids is 2. The smallest absolute Gasteiger partial charge is 0.254 e. The third-order valence-electron chi connectivity index (χ3n) is 5.77. The SMILES string of the molecule is CC(=O)Nc1ccc(OCC(O)CN2CCN(C(=O)c3cccc4ccccc34)CC2)cc1. The number of nitrogens with one attached hydrogen (secondary N) is 1. The molecule has 3 aromatic carbocycles. The third kappa shape index (κ3) is 5.88. The molecule has 0 saturated carbocycles. The molecule has 1 atom stereocenters. The molecule has 1 saturated heterocycles. The second-order valence-electron chi connectivity index (χ2n) is 8.29. The van der Waals surface area contributed by atoms with Gasteiger partial charge in [-0.3, -0.25) is 14.5 Å². The molecule has 0 aromatic heterocycles. The molecule has 33 heavy (non-hydrogen) atoms. The van der Waals surface area contributed by atoms with Crippen LogP contribution in [0.5, 0.6) is 5.75 Å². The Kier molecular flexibility index (Phi) is 7.22. The van der Waals surface area contributed by atoms with Crippen molar-refractivity contribution in [2.24, 2.45) is 0 Å². The average molecular weight is 448 g/mol. The van der Waals surface area contributed by atoms with Crippen LogP contribution in [0.2, 0.25) is 0 Å². The van der Waals surface area contributed by atoms with Crippen LogP contribution in [0.3, 0.4) is 0 Å². The van der Waals surface area contributed by atoms with Gasteiger partial charge in [0.2, 0.25) is 5.91 Å². The second kappa shape index (κ2) is 10.5. The number of carbonyl (C=O) groups is 2. The molecule has 172 valence electrons. The van der Waals surface area contributed by atoms with E-state index in [4.69, 9.17) is 4.74 Å². The molecule has 1 aliphatic heterocycles. The summed E-state index contributed by atoms with van der Waals surface area (Å²) in [6, 6.07) is 20.8. The van der Waals surface area contributed by atoms with E-state index >= 15 is 0 Å². The van der Waals surface area contributed by atoms with Crippen molar-refractivity contribution in [2.45, 2.75) is 13.0 Å². The zero-order chi connectivity index (χ0) is 23.2. The lowest BCUT2D eigenvalue weighted by atomic mass is 10.0. The summed E-state index contributed by atoms with van der Waals surface area (Å²) < 4.78 is 5.67. The molecule has 0 aliphatic carbocycles. The van der Waals surface area contributed by atoms with Gasteiger partial charge in [0.15, 0.2) is 0 Å². The highest BCUT2D eigenvalue weighted by Gasteiger charge is 2.24. The molecule has 2 amide bonds. The highest BCUT2D eigenvalue weighted by atomic mass is 16.5. The quantitative estimate of drug-likeness (QED) is 0.582. The number of rotatable bonds is 7. The molecule has 1 unspecified atom stereocenters. The van der Waals surface area contributed by atoms with Gasteiger partial charge < -0.3 is 20.1 Å². The van der Waals surface area contributed by atoms with Crippen LogP contribution in [0.25, 0.3) is 10.8 Å². The Morgan fingerprint density at radius 3 is 2.39 bits per heavy atom. The van der Waals surface area contributed by atoms with Gasteiger partial charge in [-0.25, -0.2) is 0 Å². The van der Waals surface area contributed by atoms with Crippen LogP contribution in [0, 0.1) is 0 Å². The van der Waals surface area contributed by atoms with Gasteiger partial charge in [-0.05, 0) is 41.1 Å². The molecule has 7 heteroatoms. The minimum atomic E-state index is -0.639. The Bertz CT molecular complexity index is 1100. The van der Waals surface area contributed by atoms with Crippen molar-refractivity contribution < 1.29 is 19.4 Å². The van der Waals surface area contributed by atoms with Gasteiger partial charge in [0.05, 0.1) is 0 Å². The lowest BCUT2D eigenvalue weighted by Gasteiger charge is -2.35. The molecule has 0 radical (unpaired) electrons. The molecule has 1 fully saturated rings. The van der Waals surface area contributed by atoms with Gasteiger partial charge in [0, 0.05) is 50.9 Å². The first-order valence-corrected chi connectivity index (χ1v) is 11.2. The van der Waals surface area contributed by atoms with Crippen molar-refractivity contribution >= 4 is 28.3 Å². The van der Waals surface area contributed by atoms with Crippen molar-refractivity contribution in [2.75, 3.05) is 44.6 Å². The zero-order valence-corrected chi connectivity index (χ0v) is 18.7. The van der Waals surface area contributed by atoms with Gasteiger partial charge >= 0.3 is 0 Å². The molecule has 7 nitrogen and oxygen atoms in total. The number of nitrogens with zero attached hydrogens (tertiary/aromatic N) is 2. The lowest BCUT2D eigenvalue weighted by molar-refractivity contribution is -0.114. The number of ether oxygens (including phenoxy) is 1.